The molecule has 0 saturated heterocycles. The van der Waals surface area contributed by atoms with Crippen LogP contribution in [0.1, 0.15) is 41.7 Å². The van der Waals surface area contributed by atoms with E-state index in [2.05, 4.69) is 20.8 Å². The molecule has 2 saturated carbocycles. The fourth-order valence-corrected chi connectivity index (χ4v) is 3.45. The van der Waals surface area contributed by atoms with Crippen LogP contribution in [0.2, 0.25) is 0 Å². The Morgan fingerprint density at radius 3 is 2.95 bits per heavy atom. The summed E-state index contributed by atoms with van der Waals surface area (Å²) in [6, 6.07) is 6.31. The van der Waals surface area contributed by atoms with E-state index < -0.39 is 0 Å². The molecule has 7 heteroatoms. The number of carbonyl (C=O) groups is 1. The molecule has 2 amide bonds. The van der Waals surface area contributed by atoms with Crippen LogP contribution >= 0.6 is 11.3 Å². The number of rotatable bonds is 4. The van der Waals surface area contributed by atoms with Gasteiger partial charge in [-0.3, -0.25) is 5.32 Å². The Balaban J connectivity index is 1.31. The molecule has 2 aromatic rings. The molecule has 4 rings (SSSR count). The van der Waals surface area contributed by atoms with Crippen LogP contribution in [0.4, 0.5) is 14.3 Å². The standard InChI is InChI=1S/C15H15FN4OS/c16-10-3-1-2-9(6-10)11-7-12(11)17-14(21)18-15-20-19-13(22-15)8-4-5-8/h1-3,6,8,11-12H,4-5,7H2,(H2,17,18,20,21)/t11-,12-/m1/s1. The van der Waals surface area contributed by atoms with Crippen molar-refractivity contribution < 1.29 is 9.18 Å². The molecule has 0 aliphatic heterocycles. The molecule has 0 unspecified atom stereocenters. The van der Waals surface area contributed by atoms with Crippen molar-refractivity contribution in [2.75, 3.05) is 5.32 Å². The van der Waals surface area contributed by atoms with Gasteiger partial charge in [-0.15, -0.1) is 10.2 Å². The van der Waals surface area contributed by atoms with E-state index in [1.807, 2.05) is 6.07 Å². The molecule has 0 spiro atoms. The maximum atomic E-state index is 13.2. The second-order valence-corrected chi connectivity index (χ2v) is 6.83. The lowest BCUT2D eigenvalue weighted by atomic mass is 10.1. The first-order chi connectivity index (χ1) is 10.7. The summed E-state index contributed by atoms with van der Waals surface area (Å²) in [5, 5.41) is 15.2. The van der Waals surface area contributed by atoms with Crippen LogP contribution in [-0.4, -0.2) is 22.3 Å². The molecule has 2 atom stereocenters. The lowest BCUT2D eigenvalue weighted by Crippen LogP contribution is -2.31. The number of nitrogens with zero attached hydrogens (tertiary/aromatic N) is 2. The van der Waals surface area contributed by atoms with Crippen LogP contribution < -0.4 is 10.6 Å². The molecule has 2 fully saturated rings. The Hall–Kier alpha value is -2.02. The number of hydrogen-bond donors (Lipinski definition) is 2. The Labute approximate surface area is 131 Å². The highest BCUT2D eigenvalue weighted by atomic mass is 32.1. The monoisotopic (exact) mass is 318 g/mol. The average Bonchev–Trinajstić information content (AvgIpc) is 3.40. The van der Waals surface area contributed by atoms with Crippen molar-refractivity contribution in [3.05, 3.63) is 40.7 Å². The predicted octanol–water partition coefficient (Wildman–Crippen LogP) is 3.23. The normalized spacial score (nSPS) is 23.1. The third-order valence-corrected chi connectivity index (χ3v) is 4.97. The van der Waals surface area contributed by atoms with Gasteiger partial charge in [0.05, 0.1) is 0 Å². The number of urea groups is 1. The van der Waals surface area contributed by atoms with Gasteiger partial charge in [0.15, 0.2) is 0 Å². The van der Waals surface area contributed by atoms with Gasteiger partial charge in [-0.25, -0.2) is 9.18 Å². The molecule has 2 aliphatic rings. The van der Waals surface area contributed by atoms with E-state index in [1.54, 1.807) is 6.07 Å². The summed E-state index contributed by atoms with van der Waals surface area (Å²) in [7, 11) is 0. The van der Waals surface area contributed by atoms with Crippen LogP contribution in [0, 0.1) is 5.82 Å². The summed E-state index contributed by atoms with van der Waals surface area (Å²) in [6.07, 6.45) is 3.16. The van der Waals surface area contributed by atoms with Crippen molar-refractivity contribution in [1.29, 1.82) is 0 Å². The lowest BCUT2D eigenvalue weighted by Gasteiger charge is -2.04. The third kappa shape index (κ3) is 2.94. The molecule has 1 aromatic heterocycles. The Morgan fingerprint density at radius 2 is 2.18 bits per heavy atom. The van der Waals surface area contributed by atoms with Gasteiger partial charge in [-0.05, 0) is 37.0 Å². The van der Waals surface area contributed by atoms with E-state index in [9.17, 15) is 9.18 Å². The topological polar surface area (TPSA) is 66.9 Å². The molecule has 0 bridgehead atoms. The number of hydrogen-bond acceptors (Lipinski definition) is 4. The number of aromatic nitrogens is 2. The smallest absolute Gasteiger partial charge is 0.321 e. The molecular formula is C15H15FN4OS. The van der Waals surface area contributed by atoms with Crippen LogP contribution in [0.25, 0.3) is 0 Å². The second kappa shape index (κ2) is 5.31. The van der Waals surface area contributed by atoms with Gasteiger partial charge in [0.25, 0.3) is 0 Å². The molecule has 2 aliphatic carbocycles. The fourth-order valence-electron chi connectivity index (χ4n) is 2.54. The van der Waals surface area contributed by atoms with E-state index >= 15 is 0 Å². The molecule has 2 N–H and O–H groups in total. The van der Waals surface area contributed by atoms with Crippen molar-refractivity contribution in [2.24, 2.45) is 0 Å². The van der Waals surface area contributed by atoms with E-state index in [1.165, 1.54) is 23.5 Å². The van der Waals surface area contributed by atoms with Gasteiger partial charge in [-0.1, -0.05) is 23.5 Å². The zero-order chi connectivity index (χ0) is 15.1. The molecule has 1 heterocycles. The van der Waals surface area contributed by atoms with Crippen molar-refractivity contribution in [2.45, 2.75) is 37.1 Å². The van der Waals surface area contributed by atoms with Crippen LogP contribution in [0.5, 0.6) is 0 Å². The minimum absolute atomic E-state index is 0.0534. The largest absolute Gasteiger partial charge is 0.334 e. The first kappa shape index (κ1) is 13.6. The number of carbonyl (C=O) groups excluding carboxylic acids is 1. The number of nitrogens with one attached hydrogen (secondary N) is 2. The van der Waals surface area contributed by atoms with Crippen LogP contribution in [0.15, 0.2) is 24.3 Å². The maximum absolute atomic E-state index is 13.2. The zero-order valence-corrected chi connectivity index (χ0v) is 12.6. The average molecular weight is 318 g/mol. The molecule has 0 radical (unpaired) electrons. The van der Waals surface area contributed by atoms with E-state index in [0.717, 1.165) is 29.8 Å². The summed E-state index contributed by atoms with van der Waals surface area (Å²) in [6.45, 7) is 0. The molecule has 22 heavy (non-hydrogen) atoms. The molecule has 114 valence electrons. The fraction of sp³-hybridized carbons (Fsp3) is 0.400. The van der Waals surface area contributed by atoms with Crippen molar-refractivity contribution >= 4 is 22.5 Å². The molecule has 1 aromatic carbocycles. The minimum atomic E-state index is -0.276. The predicted molar refractivity (Wildman–Crippen MR) is 81.6 cm³/mol. The van der Waals surface area contributed by atoms with Gasteiger partial charge >= 0.3 is 6.03 Å². The summed E-state index contributed by atoms with van der Waals surface area (Å²) in [5.74, 6) is 0.490. The number of benzene rings is 1. The molecule has 5 nitrogen and oxygen atoms in total. The second-order valence-electron chi connectivity index (χ2n) is 5.82. The number of anilines is 1. The SMILES string of the molecule is O=C(Nc1nnc(C2CC2)s1)N[C@@H]1C[C@@H]1c1cccc(F)c1. The van der Waals surface area contributed by atoms with Gasteiger partial charge in [0.2, 0.25) is 5.13 Å². The van der Waals surface area contributed by atoms with Crippen molar-refractivity contribution in [3.8, 4) is 0 Å². The maximum Gasteiger partial charge on any atom is 0.321 e. The van der Waals surface area contributed by atoms with Gasteiger partial charge in [0.1, 0.15) is 10.8 Å². The van der Waals surface area contributed by atoms with Gasteiger partial charge < -0.3 is 5.32 Å². The highest BCUT2D eigenvalue weighted by Gasteiger charge is 2.39. The zero-order valence-electron chi connectivity index (χ0n) is 11.8. The Kier molecular flexibility index (Phi) is 3.29. The van der Waals surface area contributed by atoms with E-state index in [4.69, 9.17) is 0 Å². The van der Waals surface area contributed by atoms with E-state index in [-0.39, 0.29) is 23.8 Å². The molecular weight excluding hydrogens is 303 g/mol. The Morgan fingerprint density at radius 1 is 1.32 bits per heavy atom. The summed E-state index contributed by atoms with van der Waals surface area (Å²) >= 11 is 1.43. The Bertz CT molecular complexity index is 715. The van der Waals surface area contributed by atoms with Crippen molar-refractivity contribution in [1.82, 2.24) is 15.5 Å². The van der Waals surface area contributed by atoms with Crippen molar-refractivity contribution in [3.63, 3.8) is 0 Å². The quantitative estimate of drug-likeness (QED) is 0.909. The van der Waals surface area contributed by atoms with Crippen LogP contribution in [-0.2, 0) is 0 Å². The summed E-state index contributed by atoms with van der Waals surface area (Å²) < 4.78 is 13.2. The van der Waals surface area contributed by atoms with E-state index in [0.29, 0.717) is 11.0 Å². The number of amides is 2. The lowest BCUT2D eigenvalue weighted by molar-refractivity contribution is 0.251. The highest BCUT2D eigenvalue weighted by molar-refractivity contribution is 7.15. The first-order valence-electron chi connectivity index (χ1n) is 7.35. The summed E-state index contributed by atoms with van der Waals surface area (Å²) in [5.41, 5.74) is 0.928. The van der Waals surface area contributed by atoms with Crippen LogP contribution in [0.3, 0.4) is 0 Å². The number of halogens is 1. The third-order valence-electron chi connectivity index (χ3n) is 3.97. The minimum Gasteiger partial charge on any atom is -0.334 e. The summed E-state index contributed by atoms with van der Waals surface area (Å²) in [4.78, 5) is 11.9. The van der Waals surface area contributed by atoms with Gasteiger partial charge in [0, 0.05) is 17.9 Å². The first-order valence-corrected chi connectivity index (χ1v) is 8.17. The highest BCUT2D eigenvalue weighted by Crippen LogP contribution is 2.42. The van der Waals surface area contributed by atoms with Gasteiger partial charge in [-0.2, -0.15) is 0 Å².